The Balaban J connectivity index is 2.47. The SMILES string of the molecule is Cc1cc(CN(C)C(=O)CC(N)C(C)C)no1. The maximum absolute atomic E-state index is 11.9. The molecule has 0 saturated heterocycles. The van der Waals surface area contributed by atoms with Crippen molar-refractivity contribution < 1.29 is 9.32 Å². The first-order valence-corrected chi connectivity index (χ1v) is 5.82. The summed E-state index contributed by atoms with van der Waals surface area (Å²) in [4.78, 5) is 13.5. The molecule has 17 heavy (non-hydrogen) atoms. The second kappa shape index (κ2) is 5.82. The first kappa shape index (κ1) is 13.7. The number of hydrogen-bond donors (Lipinski definition) is 1. The predicted molar refractivity (Wildman–Crippen MR) is 65.1 cm³/mol. The van der Waals surface area contributed by atoms with E-state index in [1.807, 2.05) is 26.8 Å². The number of aromatic nitrogens is 1. The van der Waals surface area contributed by atoms with Crippen LogP contribution in [0.25, 0.3) is 0 Å². The Kier molecular flexibility index (Phi) is 4.69. The minimum Gasteiger partial charge on any atom is -0.361 e. The van der Waals surface area contributed by atoms with Gasteiger partial charge in [0.2, 0.25) is 5.91 Å². The van der Waals surface area contributed by atoms with Gasteiger partial charge in [-0.3, -0.25) is 4.79 Å². The van der Waals surface area contributed by atoms with Crippen molar-refractivity contribution in [2.45, 2.75) is 39.8 Å². The Bertz CT molecular complexity index is 374. The molecule has 0 fully saturated rings. The summed E-state index contributed by atoms with van der Waals surface area (Å²) in [5.41, 5.74) is 6.63. The van der Waals surface area contributed by atoms with Gasteiger partial charge in [0.25, 0.3) is 0 Å². The van der Waals surface area contributed by atoms with Gasteiger partial charge >= 0.3 is 0 Å². The van der Waals surface area contributed by atoms with Crippen molar-refractivity contribution in [2.24, 2.45) is 11.7 Å². The van der Waals surface area contributed by atoms with Gasteiger partial charge in [0.1, 0.15) is 11.5 Å². The quantitative estimate of drug-likeness (QED) is 0.841. The van der Waals surface area contributed by atoms with Gasteiger partial charge in [-0.2, -0.15) is 0 Å². The number of rotatable bonds is 5. The number of amides is 1. The Hall–Kier alpha value is -1.36. The normalized spacial score (nSPS) is 12.8. The van der Waals surface area contributed by atoms with E-state index in [2.05, 4.69) is 5.16 Å². The maximum atomic E-state index is 11.9. The first-order valence-electron chi connectivity index (χ1n) is 5.82. The van der Waals surface area contributed by atoms with Gasteiger partial charge in [0.05, 0.1) is 6.54 Å². The summed E-state index contributed by atoms with van der Waals surface area (Å²) >= 11 is 0. The van der Waals surface area contributed by atoms with E-state index in [0.717, 1.165) is 11.5 Å². The zero-order valence-electron chi connectivity index (χ0n) is 10.9. The highest BCUT2D eigenvalue weighted by Crippen LogP contribution is 2.08. The van der Waals surface area contributed by atoms with Crippen LogP contribution in [-0.4, -0.2) is 29.1 Å². The van der Waals surface area contributed by atoms with Crippen molar-refractivity contribution in [1.82, 2.24) is 10.1 Å². The van der Waals surface area contributed by atoms with Gasteiger partial charge < -0.3 is 15.2 Å². The molecule has 1 atom stereocenters. The van der Waals surface area contributed by atoms with Crippen LogP contribution in [-0.2, 0) is 11.3 Å². The molecular formula is C12H21N3O2. The van der Waals surface area contributed by atoms with Crippen molar-refractivity contribution >= 4 is 5.91 Å². The van der Waals surface area contributed by atoms with E-state index < -0.39 is 0 Å². The monoisotopic (exact) mass is 239 g/mol. The van der Waals surface area contributed by atoms with Crippen LogP contribution in [0.1, 0.15) is 31.7 Å². The summed E-state index contributed by atoms with van der Waals surface area (Å²) in [6.07, 6.45) is 0.366. The van der Waals surface area contributed by atoms with E-state index in [1.165, 1.54) is 0 Å². The highest BCUT2D eigenvalue weighted by Gasteiger charge is 2.17. The van der Waals surface area contributed by atoms with Gasteiger partial charge in [0, 0.05) is 25.6 Å². The van der Waals surface area contributed by atoms with Crippen LogP contribution >= 0.6 is 0 Å². The molecule has 1 aromatic heterocycles. The lowest BCUT2D eigenvalue weighted by Gasteiger charge is -2.20. The van der Waals surface area contributed by atoms with E-state index in [9.17, 15) is 4.79 Å². The third-order valence-corrected chi connectivity index (χ3v) is 2.77. The molecule has 1 aromatic rings. The summed E-state index contributed by atoms with van der Waals surface area (Å²) in [7, 11) is 1.75. The van der Waals surface area contributed by atoms with Gasteiger partial charge in [-0.1, -0.05) is 19.0 Å². The minimum atomic E-state index is -0.0935. The Morgan fingerprint density at radius 3 is 2.71 bits per heavy atom. The molecule has 1 heterocycles. The molecule has 0 saturated carbocycles. The Morgan fingerprint density at radius 1 is 1.59 bits per heavy atom. The molecular weight excluding hydrogens is 218 g/mol. The topological polar surface area (TPSA) is 72.4 Å². The van der Waals surface area contributed by atoms with E-state index in [-0.39, 0.29) is 11.9 Å². The average Bonchev–Trinajstić information content (AvgIpc) is 2.63. The summed E-state index contributed by atoms with van der Waals surface area (Å²) in [6, 6.07) is 1.73. The number of nitrogens with zero attached hydrogens (tertiary/aromatic N) is 2. The highest BCUT2D eigenvalue weighted by molar-refractivity contribution is 5.76. The first-order chi connectivity index (χ1) is 7.90. The Labute approximate surface area is 102 Å². The molecule has 0 aliphatic carbocycles. The number of carbonyl (C=O) groups is 1. The molecule has 96 valence electrons. The van der Waals surface area contributed by atoms with Crippen molar-refractivity contribution in [3.63, 3.8) is 0 Å². The van der Waals surface area contributed by atoms with Crippen LogP contribution < -0.4 is 5.73 Å². The van der Waals surface area contributed by atoms with Gasteiger partial charge in [-0.05, 0) is 12.8 Å². The third kappa shape index (κ3) is 4.19. The summed E-state index contributed by atoms with van der Waals surface area (Å²) < 4.78 is 4.95. The molecule has 1 amide bonds. The highest BCUT2D eigenvalue weighted by atomic mass is 16.5. The van der Waals surface area contributed by atoms with Crippen molar-refractivity contribution in [2.75, 3.05) is 7.05 Å². The largest absolute Gasteiger partial charge is 0.361 e. The van der Waals surface area contributed by atoms with Crippen molar-refractivity contribution in [3.8, 4) is 0 Å². The molecule has 0 aromatic carbocycles. The smallest absolute Gasteiger partial charge is 0.224 e. The molecule has 1 unspecified atom stereocenters. The summed E-state index contributed by atoms with van der Waals surface area (Å²) in [5.74, 6) is 1.09. The van der Waals surface area contributed by atoms with Gasteiger partial charge in [-0.25, -0.2) is 0 Å². The lowest BCUT2D eigenvalue weighted by Crippen LogP contribution is -2.35. The minimum absolute atomic E-state index is 0.0341. The van der Waals surface area contributed by atoms with Crippen LogP contribution in [0.15, 0.2) is 10.6 Å². The van der Waals surface area contributed by atoms with Crippen LogP contribution in [0.5, 0.6) is 0 Å². The van der Waals surface area contributed by atoms with Crippen LogP contribution in [0.4, 0.5) is 0 Å². The fourth-order valence-corrected chi connectivity index (χ4v) is 1.42. The predicted octanol–water partition coefficient (Wildman–Crippen LogP) is 1.31. The molecule has 1 rings (SSSR count). The molecule has 0 radical (unpaired) electrons. The fourth-order valence-electron chi connectivity index (χ4n) is 1.42. The van der Waals surface area contributed by atoms with Crippen LogP contribution in [0.3, 0.4) is 0 Å². The number of hydrogen-bond acceptors (Lipinski definition) is 4. The van der Waals surface area contributed by atoms with E-state index in [1.54, 1.807) is 11.9 Å². The van der Waals surface area contributed by atoms with Crippen LogP contribution in [0.2, 0.25) is 0 Å². The van der Waals surface area contributed by atoms with E-state index in [4.69, 9.17) is 10.3 Å². The molecule has 0 aliphatic heterocycles. The molecule has 5 heteroatoms. The number of nitrogens with two attached hydrogens (primary N) is 1. The average molecular weight is 239 g/mol. The summed E-state index contributed by atoms with van der Waals surface area (Å²) in [6.45, 7) is 6.31. The molecule has 0 spiro atoms. The third-order valence-electron chi connectivity index (χ3n) is 2.77. The number of carbonyl (C=O) groups excluding carboxylic acids is 1. The van der Waals surface area contributed by atoms with Crippen molar-refractivity contribution in [3.05, 3.63) is 17.5 Å². The molecule has 0 aliphatic rings. The molecule has 5 nitrogen and oxygen atoms in total. The standard InChI is InChI=1S/C12H21N3O2/c1-8(2)11(13)6-12(16)15(4)7-10-5-9(3)17-14-10/h5,8,11H,6-7,13H2,1-4H3. The molecule has 0 bridgehead atoms. The van der Waals surface area contributed by atoms with E-state index in [0.29, 0.717) is 18.9 Å². The van der Waals surface area contributed by atoms with E-state index >= 15 is 0 Å². The van der Waals surface area contributed by atoms with Gasteiger partial charge in [-0.15, -0.1) is 0 Å². The van der Waals surface area contributed by atoms with Crippen molar-refractivity contribution in [1.29, 1.82) is 0 Å². The zero-order chi connectivity index (χ0) is 13.0. The second-order valence-electron chi connectivity index (χ2n) is 4.79. The Morgan fingerprint density at radius 2 is 2.24 bits per heavy atom. The van der Waals surface area contributed by atoms with Gasteiger partial charge in [0.15, 0.2) is 0 Å². The fraction of sp³-hybridized carbons (Fsp3) is 0.667. The molecule has 2 N–H and O–H groups in total. The number of aryl methyl sites for hydroxylation is 1. The maximum Gasteiger partial charge on any atom is 0.224 e. The lowest BCUT2D eigenvalue weighted by molar-refractivity contribution is -0.131. The second-order valence-corrected chi connectivity index (χ2v) is 4.79. The zero-order valence-corrected chi connectivity index (χ0v) is 10.9. The summed E-state index contributed by atoms with van der Waals surface area (Å²) in [5, 5.41) is 3.85. The van der Waals surface area contributed by atoms with Crippen LogP contribution in [0, 0.1) is 12.8 Å². The lowest BCUT2D eigenvalue weighted by atomic mass is 10.0.